The Morgan fingerprint density at radius 1 is 1.09 bits per heavy atom. The number of hydrogen-bond acceptors (Lipinski definition) is 9. The number of anilines is 5. The van der Waals surface area contributed by atoms with E-state index in [4.69, 9.17) is 11.6 Å². The van der Waals surface area contributed by atoms with Crippen molar-refractivity contribution >= 4 is 46.2 Å². The monoisotopic (exact) mass is 598 g/mol. The Bertz CT molecular complexity index is 1710. The standard InChI is InChI=1S/C31H35FN10O2/c1-33-28-19-34-30-23(18-27(38-42(28)30)35-22-9-5-7-11-25(22)43)36-26-13-12-20(29(37-26)39(2)3)31(44)41-16-14-40(15-17-41)24-10-6-4-8-21(24)32/h4,6,8,10,12-13,18-19,22,25,43H,5,7,9,11,14-17H2,2-3H3,(H,35,38)(H,36,37)/t22-,25-/m1/s1. The zero-order valence-corrected chi connectivity index (χ0v) is 24.7. The number of pyridine rings is 1. The lowest BCUT2D eigenvalue weighted by atomic mass is 9.92. The summed E-state index contributed by atoms with van der Waals surface area (Å²) in [4.78, 5) is 31.9. The van der Waals surface area contributed by atoms with Gasteiger partial charge >= 0.3 is 0 Å². The number of fused-ring (bicyclic) bond motifs is 1. The highest BCUT2D eigenvalue weighted by Gasteiger charge is 2.27. The van der Waals surface area contributed by atoms with Crippen molar-refractivity contribution in [3.05, 3.63) is 71.5 Å². The first kappa shape index (κ1) is 29.1. The lowest BCUT2D eigenvalue weighted by Gasteiger charge is -2.36. The number of halogens is 1. The molecule has 228 valence electrons. The van der Waals surface area contributed by atoms with Gasteiger partial charge in [-0.25, -0.2) is 14.4 Å². The molecule has 1 amide bonds. The molecule has 2 fully saturated rings. The summed E-state index contributed by atoms with van der Waals surface area (Å²) in [6.45, 7) is 9.53. The maximum atomic E-state index is 14.3. The molecule has 1 saturated heterocycles. The van der Waals surface area contributed by atoms with E-state index in [0.717, 1.165) is 25.7 Å². The molecule has 13 heteroatoms. The number of aliphatic hydroxyl groups excluding tert-OH is 1. The molecule has 6 rings (SSSR count). The molecule has 3 aromatic heterocycles. The Balaban J connectivity index is 1.24. The van der Waals surface area contributed by atoms with E-state index in [2.05, 4.69) is 25.6 Å². The fraction of sp³-hybridized carbons (Fsp3) is 0.387. The maximum absolute atomic E-state index is 14.3. The average Bonchev–Trinajstić information content (AvgIpc) is 3.45. The van der Waals surface area contributed by atoms with E-state index in [0.29, 0.717) is 66.2 Å². The third-order valence-electron chi connectivity index (χ3n) is 8.18. The minimum Gasteiger partial charge on any atom is -0.391 e. The second-order valence-corrected chi connectivity index (χ2v) is 11.3. The molecule has 1 aliphatic heterocycles. The van der Waals surface area contributed by atoms with Gasteiger partial charge in [-0.3, -0.25) is 4.79 Å². The minimum atomic E-state index is -0.474. The molecule has 12 nitrogen and oxygen atoms in total. The Kier molecular flexibility index (Phi) is 8.17. The number of nitrogens with one attached hydrogen (secondary N) is 2. The number of imidazole rings is 1. The number of nitrogens with zero attached hydrogens (tertiary/aromatic N) is 8. The van der Waals surface area contributed by atoms with E-state index >= 15 is 0 Å². The van der Waals surface area contributed by atoms with Gasteiger partial charge in [-0.15, -0.1) is 4.52 Å². The summed E-state index contributed by atoms with van der Waals surface area (Å²) >= 11 is 0. The molecular formula is C31H35FN10O2. The summed E-state index contributed by atoms with van der Waals surface area (Å²) in [5, 5.41) is 21.7. The molecule has 4 aromatic rings. The normalized spacial score (nSPS) is 18.6. The summed E-state index contributed by atoms with van der Waals surface area (Å²) in [5.74, 6) is 1.34. The van der Waals surface area contributed by atoms with Crippen LogP contribution in [0.5, 0.6) is 0 Å². The van der Waals surface area contributed by atoms with Crippen molar-refractivity contribution in [3.8, 4) is 0 Å². The molecule has 3 N–H and O–H groups in total. The summed E-state index contributed by atoms with van der Waals surface area (Å²) < 4.78 is 15.8. The van der Waals surface area contributed by atoms with Gasteiger partial charge in [-0.1, -0.05) is 36.6 Å². The van der Waals surface area contributed by atoms with Gasteiger partial charge in [0.2, 0.25) is 0 Å². The van der Waals surface area contributed by atoms with Crippen LogP contribution >= 0.6 is 0 Å². The SMILES string of the molecule is [C-]#[N+]c1cnc2c(Nc3ccc(C(=O)N4CCN(c5ccccc5F)CC4)c(N(C)C)n3)cc(N[C@@H]3CCCC[C@H]3O)nn12. The van der Waals surface area contributed by atoms with Gasteiger partial charge < -0.3 is 35.3 Å². The van der Waals surface area contributed by atoms with Crippen molar-refractivity contribution in [2.45, 2.75) is 37.8 Å². The lowest BCUT2D eigenvalue weighted by Crippen LogP contribution is -2.49. The van der Waals surface area contributed by atoms with Crippen LogP contribution < -0.4 is 20.4 Å². The number of carbonyl (C=O) groups excluding carboxylic acids is 1. The lowest BCUT2D eigenvalue weighted by molar-refractivity contribution is 0.0747. The third-order valence-corrected chi connectivity index (χ3v) is 8.18. The zero-order valence-electron chi connectivity index (χ0n) is 24.7. The molecule has 4 heterocycles. The fourth-order valence-corrected chi connectivity index (χ4v) is 5.86. The Hall–Kier alpha value is -4.96. The van der Waals surface area contributed by atoms with E-state index in [9.17, 15) is 14.3 Å². The van der Waals surface area contributed by atoms with E-state index in [1.807, 2.05) is 25.1 Å². The number of hydrogen-bond donors (Lipinski definition) is 3. The number of carbonyl (C=O) groups is 1. The molecule has 1 aromatic carbocycles. The molecule has 0 bridgehead atoms. The van der Waals surface area contributed by atoms with Crippen LogP contribution in [0.25, 0.3) is 10.5 Å². The molecule has 0 unspecified atom stereocenters. The van der Waals surface area contributed by atoms with Crippen molar-refractivity contribution < 1.29 is 14.3 Å². The highest BCUT2D eigenvalue weighted by molar-refractivity contribution is 5.99. The first-order valence-electron chi connectivity index (χ1n) is 14.8. The van der Waals surface area contributed by atoms with Gasteiger partial charge in [-0.2, -0.15) is 0 Å². The van der Waals surface area contributed by atoms with Crippen LogP contribution in [0.3, 0.4) is 0 Å². The van der Waals surface area contributed by atoms with Gasteiger partial charge in [0.05, 0.1) is 29.6 Å². The van der Waals surface area contributed by atoms with Gasteiger partial charge in [-0.05, 0) is 37.1 Å². The van der Waals surface area contributed by atoms with Crippen LogP contribution in [0.15, 0.2) is 48.7 Å². The first-order valence-corrected chi connectivity index (χ1v) is 14.8. The van der Waals surface area contributed by atoms with Crippen molar-refractivity contribution in [3.63, 3.8) is 0 Å². The molecule has 2 aliphatic rings. The van der Waals surface area contributed by atoms with Crippen molar-refractivity contribution in [1.29, 1.82) is 0 Å². The number of amides is 1. The van der Waals surface area contributed by atoms with E-state index in [-0.39, 0.29) is 23.6 Å². The van der Waals surface area contributed by atoms with Gasteiger partial charge in [0.1, 0.15) is 23.1 Å². The first-order chi connectivity index (χ1) is 21.3. The quantitative estimate of drug-likeness (QED) is 0.268. The van der Waals surface area contributed by atoms with Crippen LogP contribution in [0, 0.1) is 12.4 Å². The van der Waals surface area contributed by atoms with Crippen LogP contribution in [-0.4, -0.2) is 87.9 Å². The Morgan fingerprint density at radius 3 is 2.59 bits per heavy atom. The predicted octanol–water partition coefficient (Wildman–Crippen LogP) is 4.30. The van der Waals surface area contributed by atoms with Crippen LogP contribution in [0.1, 0.15) is 36.0 Å². The number of benzene rings is 1. The van der Waals surface area contributed by atoms with E-state index < -0.39 is 6.10 Å². The highest BCUT2D eigenvalue weighted by Crippen LogP contribution is 2.30. The van der Waals surface area contributed by atoms with Crippen molar-refractivity contribution in [2.24, 2.45) is 0 Å². The average molecular weight is 599 g/mol. The third kappa shape index (κ3) is 5.80. The second kappa shape index (κ2) is 12.3. The molecule has 0 radical (unpaired) electrons. The summed E-state index contributed by atoms with van der Waals surface area (Å²) in [6.07, 6.45) is 4.55. The molecular weight excluding hydrogens is 563 g/mol. The maximum Gasteiger partial charge on any atom is 0.275 e. The number of aliphatic hydroxyl groups is 1. The molecule has 1 aliphatic carbocycles. The van der Waals surface area contributed by atoms with Crippen LogP contribution in [0.4, 0.5) is 39.0 Å². The van der Waals surface area contributed by atoms with E-state index in [1.54, 1.807) is 40.1 Å². The van der Waals surface area contributed by atoms with Crippen LogP contribution in [0.2, 0.25) is 0 Å². The Morgan fingerprint density at radius 2 is 1.86 bits per heavy atom. The van der Waals surface area contributed by atoms with E-state index in [1.165, 1.54) is 16.8 Å². The summed E-state index contributed by atoms with van der Waals surface area (Å²) in [5.41, 5.74) is 2.03. The summed E-state index contributed by atoms with van der Waals surface area (Å²) in [6, 6.07) is 11.8. The zero-order chi connectivity index (χ0) is 30.8. The molecule has 0 spiro atoms. The molecule has 44 heavy (non-hydrogen) atoms. The minimum absolute atomic E-state index is 0.139. The smallest absolute Gasteiger partial charge is 0.275 e. The fourth-order valence-electron chi connectivity index (χ4n) is 5.86. The largest absolute Gasteiger partial charge is 0.391 e. The number of rotatable bonds is 7. The van der Waals surface area contributed by atoms with Crippen molar-refractivity contribution in [2.75, 3.05) is 60.7 Å². The molecule has 2 atom stereocenters. The number of para-hydroxylation sites is 1. The number of piperazine rings is 1. The number of aromatic nitrogens is 4. The van der Waals surface area contributed by atoms with Gasteiger partial charge in [0.25, 0.3) is 17.4 Å². The predicted molar refractivity (Wildman–Crippen MR) is 167 cm³/mol. The topological polar surface area (TPSA) is 119 Å². The summed E-state index contributed by atoms with van der Waals surface area (Å²) in [7, 11) is 3.66. The molecule has 1 saturated carbocycles. The Labute approximate surface area is 254 Å². The highest BCUT2D eigenvalue weighted by atomic mass is 19.1. The van der Waals surface area contributed by atoms with Crippen LogP contribution in [-0.2, 0) is 0 Å². The van der Waals surface area contributed by atoms with Gasteiger partial charge in [0.15, 0.2) is 5.82 Å². The van der Waals surface area contributed by atoms with Gasteiger partial charge in [0, 0.05) is 46.3 Å². The van der Waals surface area contributed by atoms with Crippen molar-refractivity contribution in [1.82, 2.24) is 24.5 Å². The second-order valence-electron chi connectivity index (χ2n) is 11.3.